The molecule has 0 aromatic heterocycles. The van der Waals surface area contributed by atoms with E-state index in [1.165, 1.54) is 0 Å². The Hall–Kier alpha value is -0.244. The molecule has 0 bridgehead atoms. The van der Waals surface area contributed by atoms with Gasteiger partial charge < -0.3 is 15.2 Å². The Morgan fingerprint density at radius 2 is 1.88 bits per heavy atom. The van der Waals surface area contributed by atoms with Gasteiger partial charge in [0.15, 0.2) is 12.2 Å². The standard InChI is InChI=1S/C11H11NO4.K.H/c13-10(8-9(16-8)11(14)15)12-6-7-4-2-1-3-5-7;;/h1-5,8-9H,6H2,(H,12,13)(H,14,15);;. The van der Waals surface area contributed by atoms with Crippen LogP contribution in [0.1, 0.15) is 5.56 Å². The van der Waals surface area contributed by atoms with Gasteiger partial charge in [0.05, 0.1) is 0 Å². The Balaban J connectivity index is 0.00000144. The molecule has 0 aliphatic carbocycles. The second-order valence-electron chi connectivity index (χ2n) is 3.52. The average Bonchev–Trinajstić information content (AvgIpc) is 3.07. The molecule has 1 aromatic rings. The van der Waals surface area contributed by atoms with E-state index in [-0.39, 0.29) is 57.3 Å². The number of rotatable bonds is 4. The van der Waals surface area contributed by atoms with E-state index in [9.17, 15) is 9.59 Å². The molecule has 1 aromatic carbocycles. The minimum absolute atomic E-state index is 0. The molecule has 0 saturated carbocycles. The summed E-state index contributed by atoms with van der Waals surface area (Å²) in [6.07, 6.45) is -1.81. The van der Waals surface area contributed by atoms with Crippen molar-refractivity contribution < 1.29 is 19.4 Å². The summed E-state index contributed by atoms with van der Waals surface area (Å²) >= 11 is 0. The Bertz CT molecular complexity index is 409. The number of hydrogen-bond donors (Lipinski definition) is 2. The summed E-state index contributed by atoms with van der Waals surface area (Å²) in [5.74, 6) is -1.48. The Morgan fingerprint density at radius 1 is 1.24 bits per heavy atom. The molecule has 1 aliphatic heterocycles. The number of carbonyl (C=O) groups is 2. The van der Waals surface area contributed by atoms with Crippen LogP contribution in [0.3, 0.4) is 0 Å². The van der Waals surface area contributed by atoms with Crippen LogP contribution in [0.5, 0.6) is 0 Å². The fraction of sp³-hybridized carbons (Fsp3) is 0.273. The number of ether oxygens (including phenoxy) is 1. The number of hydrogen-bond acceptors (Lipinski definition) is 3. The van der Waals surface area contributed by atoms with Gasteiger partial charge >= 0.3 is 57.4 Å². The summed E-state index contributed by atoms with van der Waals surface area (Å²) in [6.45, 7) is 0.381. The summed E-state index contributed by atoms with van der Waals surface area (Å²) in [7, 11) is 0. The van der Waals surface area contributed by atoms with Gasteiger partial charge in [-0.05, 0) is 5.56 Å². The molecule has 5 nitrogen and oxygen atoms in total. The van der Waals surface area contributed by atoms with Crippen molar-refractivity contribution in [1.29, 1.82) is 0 Å². The Labute approximate surface area is 141 Å². The van der Waals surface area contributed by atoms with Crippen LogP contribution in [0.15, 0.2) is 30.3 Å². The van der Waals surface area contributed by atoms with E-state index in [1.54, 1.807) is 0 Å². The van der Waals surface area contributed by atoms with E-state index in [1.807, 2.05) is 30.3 Å². The van der Waals surface area contributed by atoms with Crippen molar-refractivity contribution in [2.45, 2.75) is 18.8 Å². The maximum atomic E-state index is 11.4. The molecular formula is C11H12KNO4. The first kappa shape index (κ1) is 14.8. The van der Waals surface area contributed by atoms with Crippen LogP contribution in [0.4, 0.5) is 0 Å². The minimum atomic E-state index is -1.10. The fourth-order valence-electron chi connectivity index (χ4n) is 1.39. The number of benzene rings is 1. The van der Waals surface area contributed by atoms with Crippen molar-refractivity contribution in [3.05, 3.63) is 35.9 Å². The molecule has 86 valence electrons. The molecule has 1 saturated heterocycles. The number of amides is 1. The van der Waals surface area contributed by atoms with Crippen molar-refractivity contribution in [1.82, 2.24) is 5.32 Å². The van der Waals surface area contributed by atoms with E-state index in [0.29, 0.717) is 6.54 Å². The van der Waals surface area contributed by atoms with Gasteiger partial charge in [0.25, 0.3) is 5.91 Å². The number of carboxylic acids is 1. The first-order valence-corrected chi connectivity index (χ1v) is 4.88. The molecule has 1 aliphatic rings. The van der Waals surface area contributed by atoms with Crippen LogP contribution < -0.4 is 5.32 Å². The second kappa shape index (κ2) is 6.63. The van der Waals surface area contributed by atoms with Gasteiger partial charge in [0.1, 0.15) is 0 Å². The summed E-state index contributed by atoms with van der Waals surface area (Å²) in [4.78, 5) is 21.8. The molecule has 1 heterocycles. The predicted molar refractivity (Wildman–Crippen MR) is 61.7 cm³/mol. The third-order valence-electron chi connectivity index (χ3n) is 2.30. The van der Waals surface area contributed by atoms with E-state index in [2.05, 4.69) is 5.32 Å². The first-order valence-electron chi connectivity index (χ1n) is 4.88. The molecule has 1 fully saturated rings. The molecule has 2 N–H and O–H groups in total. The summed E-state index contributed by atoms with van der Waals surface area (Å²) in [5.41, 5.74) is 0.961. The van der Waals surface area contributed by atoms with E-state index >= 15 is 0 Å². The molecule has 0 spiro atoms. The van der Waals surface area contributed by atoms with Crippen molar-refractivity contribution in [3.63, 3.8) is 0 Å². The normalized spacial score (nSPS) is 21.2. The molecule has 2 atom stereocenters. The van der Waals surface area contributed by atoms with Crippen molar-refractivity contribution in [2.24, 2.45) is 0 Å². The molecule has 1 amide bonds. The fourth-order valence-corrected chi connectivity index (χ4v) is 1.39. The number of aliphatic carboxylic acids is 1. The van der Waals surface area contributed by atoms with Crippen LogP contribution in [0, 0.1) is 0 Å². The summed E-state index contributed by atoms with van der Waals surface area (Å²) < 4.78 is 4.72. The summed E-state index contributed by atoms with van der Waals surface area (Å²) in [6, 6.07) is 9.38. The SMILES string of the molecule is O=C(O)C1OC1C(=O)NCc1ccccc1.[KH]. The van der Waals surface area contributed by atoms with Gasteiger partial charge in [0, 0.05) is 6.54 Å². The van der Waals surface area contributed by atoms with Gasteiger partial charge in [0.2, 0.25) is 0 Å². The first-order chi connectivity index (χ1) is 7.68. The number of epoxide rings is 1. The van der Waals surface area contributed by atoms with Gasteiger partial charge in [-0.3, -0.25) is 4.79 Å². The van der Waals surface area contributed by atoms with Crippen molar-refractivity contribution in [2.75, 3.05) is 0 Å². The second-order valence-corrected chi connectivity index (χ2v) is 3.52. The quantitative estimate of drug-likeness (QED) is 0.566. The van der Waals surface area contributed by atoms with Gasteiger partial charge in [-0.15, -0.1) is 0 Å². The number of carboxylic acid groups (broad SMARTS) is 1. The average molecular weight is 261 g/mol. The molecule has 6 heteroatoms. The van der Waals surface area contributed by atoms with Gasteiger partial charge in [-0.25, -0.2) is 4.79 Å². The molecular weight excluding hydrogens is 249 g/mol. The zero-order valence-corrected chi connectivity index (χ0v) is 8.42. The Morgan fingerprint density at radius 3 is 2.41 bits per heavy atom. The van der Waals surface area contributed by atoms with Crippen LogP contribution in [-0.2, 0) is 20.9 Å². The zero-order chi connectivity index (χ0) is 11.5. The van der Waals surface area contributed by atoms with Crippen molar-refractivity contribution >= 4 is 63.3 Å². The van der Waals surface area contributed by atoms with E-state index < -0.39 is 18.2 Å². The van der Waals surface area contributed by atoms with Crippen molar-refractivity contribution in [3.8, 4) is 0 Å². The van der Waals surface area contributed by atoms with Crippen LogP contribution in [0.2, 0.25) is 0 Å². The zero-order valence-electron chi connectivity index (χ0n) is 8.42. The van der Waals surface area contributed by atoms with Crippen LogP contribution in [0.25, 0.3) is 0 Å². The van der Waals surface area contributed by atoms with Gasteiger partial charge in [-0.1, -0.05) is 30.3 Å². The maximum absolute atomic E-state index is 11.4. The number of nitrogens with one attached hydrogen (secondary N) is 1. The molecule has 2 rings (SSSR count). The monoisotopic (exact) mass is 261 g/mol. The van der Waals surface area contributed by atoms with E-state index in [0.717, 1.165) is 5.56 Å². The third-order valence-corrected chi connectivity index (χ3v) is 2.30. The van der Waals surface area contributed by atoms with Crippen LogP contribution in [-0.4, -0.2) is 80.6 Å². The van der Waals surface area contributed by atoms with Gasteiger partial charge in [-0.2, -0.15) is 0 Å². The molecule has 17 heavy (non-hydrogen) atoms. The van der Waals surface area contributed by atoms with Crippen LogP contribution >= 0.6 is 0 Å². The van der Waals surface area contributed by atoms with E-state index in [4.69, 9.17) is 9.84 Å². The molecule has 0 radical (unpaired) electrons. The Kier molecular flexibility index (Phi) is 5.77. The predicted octanol–water partition coefficient (Wildman–Crippen LogP) is -0.494. The number of carbonyl (C=O) groups excluding carboxylic acids is 1. The molecule has 2 unspecified atom stereocenters. The topological polar surface area (TPSA) is 78.9 Å². The third kappa shape index (κ3) is 4.16. The summed E-state index contributed by atoms with van der Waals surface area (Å²) in [5, 5.41) is 11.2.